The van der Waals surface area contributed by atoms with Crippen molar-refractivity contribution in [3.8, 4) is 11.5 Å². The van der Waals surface area contributed by atoms with Gasteiger partial charge in [-0.2, -0.15) is 0 Å². The van der Waals surface area contributed by atoms with Gasteiger partial charge in [0.15, 0.2) is 0 Å². The van der Waals surface area contributed by atoms with E-state index >= 15 is 0 Å². The Morgan fingerprint density at radius 2 is 1.68 bits per heavy atom. The molecule has 0 spiro atoms. The molecule has 2 aromatic carbocycles. The van der Waals surface area contributed by atoms with Crippen molar-refractivity contribution in [3.63, 3.8) is 0 Å². The number of carbonyl (C=O) groups excluding carboxylic acids is 4. The molecule has 13 heteroatoms. The lowest BCUT2D eigenvalue weighted by molar-refractivity contribution is -0.141. The molecule has 0 bridgehead atoms. The number of benzene rings is 2. The molecule has 4 amide bonds. The maximum absolute atomic E-state index is 14.3. The number of rotatable bonds is 11. The summed E-state index contributed by atoms with van der Waals surface area (Å²) in [5.74, 6) is -1.59. The van der Waals surface area contributed by atoms with E-state index in [1.165, 1.54) is 24.1 Å². The fourth-order valence-electron chi connectivity index (χ4n) is 5.65. The van der Waals surface area contributed by atoms with Crippen molar-refractivity contribution in [1.29, 1.82) is 0 Å². The van der Waals surface area contributed by atoms with Crippen LogP contribution in [0.3, 0.4) is 0 Å². The SMILES string of the molecule is CC(C(=O)NC(C(=O)N1CCCC1CN(CCc1ccc(F)cc1)C(=O)c1nnc(-c2ccccc2)o1)C(C)(C)C)N(C)C(=O)OC(C)(C)C. The maximum atomic E-state index is 14.3. The second-order valence-electron chi connectivity index (χ2n) is 14.8. The highest BCUT2D eigenvalue weighted by atomic mass is 19.1. The highest BCUT2D eigenvalue weighted by Gasteiger charge is 2.42. The normalized spacial score (nSPS) is 16.0. The van der Waals surface area contributed by atoms with Crippen molar-refractivity contribution in [2.45, 2.75) is 91.5 Å². The average molecular weight is 693 g/mol. The molecule has 50 heavy (non-hydrogen) atoms. The fourth-order valence-corrected chi connectivity index (χ4v) is 5.65. The Bertz CT molecular complexity index is 1630. The predicted octanol–water partition coefficient (Wildman–Crippen LogP) is 5.34. The Kier molecular flexibility index (Phi) is 12.0. The first-order valence-corrected chi connectivity index (χ1v) is 16.9. The summed E-state index contributed by atoms with van der Waals surface area (Å²) in [5, 5.41) is 11.0. The molecular weight excluding hydrogens is 643 g/mol. The first-order chi connectivity index (χ1) is 23.4. The zero-order valence-corrected chi connectivity index (χ0v) is 30.2. The second kappa shape index (κ2) is 15.8. The average Bonchev–Trinajstić information content (AvgIpc) is 3.74. The molecule has 1 saturated heterocycles. The highest BCUT2D eigenvalue weighted by Crippen LogP contribution is 2.27. The van der Waals surface area contributed by atoms with E-state index in [0.29, 0.717) is 31.4 Å². The molecule has 12 nitrogen and oxygen atoms in total. The van der Waals surface area contributed by atoms with Crippen molar-refractivity contribution in [2.24, 2.45) is 5.41 Å². The maximum Gasteiger partial charge on any atom is 0.410 e. The molecule has 1 fully saturated rings. The summed E-state index contributed by atoms with van der Waals surface area (Å²) in [6.07, 6.45) is 1.11. The van der Waals surface area contributed by atoms with E-state index in [2.05, 4.69) is 15.5 Å². The Morgan fingerprint density at radius 1 is 1.02 bits per heavy atom. The van der Waals surface area contributed by atoms with Crippen LogP contribution >= 0.6 is 0 Å². The number of nitrogens with zero attached hydrogens (tertiary/aromatic N) is 5. The zero-order valence-electron chi connectivity index (χ0n) is 30.2. The Balaban J connectivity index is 1.53. The molecule has 3 atom stereocenters. The number of amides is 4. The zero-order chi connectivity index (χ0) is 36.8. The van der Waals surface area contributed by atoms with Crippen LogP contribution in [-0.4, -0.2) is 99.1 Å². The van der Waals surface area contributed by atoms with E-state index in [1.54, 1.807) is 61.8 Å². The van der Waals surface area contributed by atoms with Crippen LogP contribution in [-0.2, 0) is 20.7 Å². The number of halogens is 1. The number of likely N-dealkylation sites (tertiary alicyclic amines) is 1. The molecule has 1 aliphatic heterocycles. The van der Waals surface area contributed by atoms with E-state index in [0.717, 1.165) is 5.56 Å². The minimum atomic E-state index is -0.919. The lowest BCUT2D eigenvalue weighted by Gasteiger charge is -2.38. The molecule has 1 aliphatic rings. The number of hydrogen-bond acceptors (Lipinski definition) is 8. The van der Waals surface area contributed by atoms with Gasteiger partial charge in [-0.15, -0.1) is 10.2 Å². The van der Waals surface area contributed by atoms with Crippen LogP contribution in [0.1, 0.15) is 77.6 Å². The van der Waals surface area contributed by atoms with Gasteiger partial charge in [-0.1, -0.05) is 51.1 Å². The lowest BCUT2D eigenvalue weighted by atomic mass is 9.85. The molecule has 3 unspecified atom stereocenters. The van der Waals surface area contributed by atoms with Gasteiger partial charge in [-0.3, -0.25) is 19.3 Å². The van der Waals surface area contributed by atoms with Gasteiger partial charge >= 0.3 is 17.9 Å². The third-order valence-electron chi connectivity index (χ3n) is 8.63. The number of carbonyl (C=O) groups is 4. The fraction of sp³-hybridized carbons (Fsp3) is 0.514. The number of aromatic nitrogens is 2. The van der Waals surface area contributed by atoms with Crippen molar-refractivity contribution < 1.29 is 32.7 Å². The number of hydrogen-bond donors (Lipinski definition) is 1. The van der Waals surface area contributed by atoms with Crippen molar-refractivity contribution in [3.05, 3.63) is 71.9 Å². The predicted molar refractivity (Wildman–Crippen MR) is 185 cm³/mol. The third kappa shape index (κ3) is 9.88. The first kappa shape index (κ1) is 38.0. The standard InChI is InChI=1S/C37H49FN6O6/c1-24(42(8)35(48)50-37(5,6)7)30(45)39-29(36(2,3)4)33(46)44-21-12-15-28(44)23-43(22-20-25-16-18-27(38)19-17-25)34(47)32-41-40-31(49-32)26-13-10-9-11-14-26/h9-11,13-14,16-19,24,28-29H,12,15,20-23H2,1-8H3,(H,39,45). The van der Waals surface area contributed by atoms with E-state index in [9.17, 15) is 23.6 Å². The Hall–Kier alpha value is -4.81. The van der Waals surface area contributed by atoms with Crippen LogP contribution in [0.25, 0.3) is 11.5 Å². The van der Waals surface area contributed by atoms with Crippen molar-refractivity contribution in [2.75, 3.05) is 26.7 Å². The minimum absolute atomic E-state index is 0.178. The lowest BCUT2D eigenvalue weighted by Crippen LogP contribution is -2.59. The van der Waals surface area contributed by atoms with Crippen LogP contribution in [0.2, 0.25) is 0 Å². The number of ether oxygens (including phenoxy) is 1. The van der Waals surface area contributed by atoms with Crippen LogP contribution in [0, 0.1) is 11.2 Å². The van der Waals surface area contributed by atoms with Crippen LogP contribution in [0.15, 0.2) is 59.0 Å². The largest absolute Gasteiger partial charge is 0.444 e. The molecule has 0 radical (unpaired) electrons. The quantitative estimate of drug-likeness (QED) is 0.285. The molecule has 0 aliphatic carbocycles. The molecule has 1 aromatic heterocycles. The molecular formula is C37H49FN6O6. The van der Waals surface area contributed by atoms with Crippen molar-refractivity contribution in [1.82, 2.24) is 30.2 Å². The number of likely N-dealkylation sites (N-methyl/N-ethyl adjacent to an activating group) is 1. The van der Waals surface area contributed by atoms with Gasteiger partial charge in [0.25, 0.3) is 0 Å². The first-order valence-electron chi connectivity index (χ1n) is 16.9. The summed E-state index contributed by atoms with van der Waals surface area (Å²) in [5.41, 5.74) is 0.0872. The monoisotopic (exact) mass is 692 g/mol. The van der Waals surface area contributed by atoms with Gasteiger partial charge in [-0.25, -0.2) is 9.18 Å². The van der Waals surface area contributed by atoms with E-state index in [4.69, 9.17) is 9.15 Å². The molecule has 3 aromatic rings. The summed E-state index contributed by atoms with van der Waals surface area (Å²) in [4.78, 5) is 58.8. The summed E-state index contributed by atoms with van der Waals surface area (Å²) < 4.78 is 24.8. The van der Waals surface area contributed by atoms with Gasteiger partial charge in [0.1, 0.15) is 23.5 Å². The highest BCUT2D eigenvalue weighted by molar-refractivity contribution is 5.92. The summed E-state index contributed by atoms with van der Waals surface area (Å²) >= 11 is 0. The molecule has 1 N–H and O–H groups in total. The van der Waals surface area contributed by atoms with E-state index < -0.39 is 41.0 Å². The van der Waals surface area contributed by atoms with Crippen LogP contribution in [0.5, 0.6) is 0 Å². The minimum Gasteiger partial charge on any atom is -0.444 e. The smallest absolute Gasteiger partial charge is 0.410 e. The Morgan fingerprint density at radius 3 is 2.30 bits per heavy atom. The summed E-state index contributed by atoms with van der Waals surface area (Å²) in [6, 6.07) is 13.0. The van der Waals surface area contributed by atoms with Crippen molar-refractivity contribution >= 4 is 23.8 Å². The Labute approximate surface area is 293 Å². The van der Waals surface area contributed by atoms with Crippen LogP contribution in [0.4, 0.5) is 9.18 Å². The van der Waals surface area contributed by atoms with Gasteiger partial charge in [0.2, 0.25) is 17.7 Å². The van der Waals surface area contributed by atoms with E-state index in [-0.39, 0.29) is 42.6 Å². The third-order valence-corrected chi connectivity index (χ3v) is 8.63. The molecule has 270 valence electrons. The topological polar surface area (TPSA) is 138 Å². The van der Waals surface area contributed by atoms with Gasteiger partial charge in [0, 0.05) is 38.3 Å². The molecule has 4 rings (SSSR count). The summed E-state index contributed by atoms with van der Waals surface area (Å²) in [6.45, 7) is 13.3. The van der Waals surface area contributed by atoms with E-state index in [1.807, 2.05) is 39.0 Å². The summed E-state index contributed by atoms with van der Waals surface area (Å²) in [7, 11) is 1.48. The van der Waals surface area contributed by atoms with Gasteiger partial charge < -0.3 is 24.3 Å². The van der Waals surface area contributed by atoms with Gasteiger partial charge in [0.05, 0.1) is 0 Å². The van der Waals surface area contributed by atoms with Crippen LogP contribution < -0.4 is 5.32 Å². The molecule has 0 saturated carbocycles. The number of nitrogens with one attached hydrogen (secondary N) is 1. The second-order valence-corrected chi connectivity index (χ2v) is 14.8. The van der Waals surface area contributed by atoms with Gasteiger partial charge in [-0.05, 0) is 82.2 Å². The molecule has 2 heterocycles.